The lowest BCUT2D eigenvalue weighted by atomic mass is 9.95. The summed E-state index contributed by atoms with van der Waals surface area (Å²) in [6.45, 7) is 3.61. The lowest BCUT2D eigenvalue weighted by Gasteiger charge is -2.23. The molecule has 1 atom stereocenters. The minimum absolute atomic E-state index is 0.168. The fourth-order valence-corrected chi connectivity index (χ4v) is 4.41. The molecule has 1 amide bonds. The van der Waals surface area contributed by atoms with Gasteiger partial charge in [-0.25, -0.2) is 8.42 Å². The first kappa shape index (κ1) is 21.7. The number of rotatable bonds is 7. The molecule has 0 aliphatic carbocycles. The van der Waals surface area contributed by atoms with Gasteiger partial charge in [0.2, 0.25) is 15.9 Å². The van der Waals surface area contributed by atoms with Gasteiger partial charge in [0.15, 0.2) is 0 Å². The lowest BCUT2D eigenvalue weighted by molar-refractivity contribution is -0.121. The van der Waals surface area contributed by atoms with Gasteiger partial charge in [-0.1, -0.05) is 72.3 Å². The molecule has 1 N–H and O–H groups in total. The Hall–Kier alpha value is -2.96. The zero-order chi connectivity index (χ0) is 21.7. The molecule has 0 saturated heterocycles. The van der Waals surface area contributed by atoms with Gasteiger partial charge in [-0.3, -0.25) is 4.79 Å². The number of hydrogen-bond acceptors (Lipinski definition) is 3. The normalized spacial score (nSPS) is 12.5. The van der Waals surface area contributed by atoms with Crippen molar-refractivity contribution in [3.63, 3.8) is 0 Å². The third kappa shape index (κ3) is 4.96. The first-order chi connectivity index (χ1) is 14.3. The predicted molar refractivity (Wildman–Crippen MR) is 119 cm³/mol. The average molecular weight is 423 g/mol. The van der Waals surface area contributed by atoms with Crippen molar-refractivity contribution in [1.82, 2.24) is 9.62 Å². The Morgan fingerprint density at radius 2 is 1.50 bits per heavy atom. The van der Waals surface area contributed by atoms with Crippen LogP contribution in [-0.4, -0.2) is 32.2 Å². The van der Waals surface area contributed by atoms with Gasteiger partial charge in [-0.15, -0.1) is 0 Å². The van der Waals surface area contributed by atoms with Crippen LogP contribution in [0.15, 0.2) is 83.8 Å². The van der Waals surface area contributed by atoms with Gasteiger partial charge in [0.05, 0.1) is 17.5 Å². The van der Waals surface area contributed by atoms with Gasteiger partial charge >= 0.3 is 0 Å². The van der Waals surface area contributed by atoms with Crippen LogP contribution < -0.4 is 5.32 Å². The van der Waals surface area contributed by atoms with E-state index in [9.17, 15) is 13.2 Å². The fourth-order valence-electron chi connectivity index (χ4n) is 3.28. The number of carbonyl (C=O) groups is 1. The van der Waals surface area contributed by atoms with Crippen molar-refractivity contribution in [2.45, 2.75) is 24.8 Å². The van der Waals surface area contributed by atoms with Crippen LogP contribution in [-0.2, 0) is 14.8 Å². The highest BCUT2D eigenvalue weighted by Gasteiger charge is 2.25. The molecule has 6 heteroatoms. The van der Waals surface area contributed by atoms with Gasteiger partial charge in [0, 0.05) is 7.05 Å². The second-order valence-electron chi connectivity index (χ2n) is 7.34. The van der Waals surface area contributed by atoms with Gasteiger partial charge < -0.3 is 5.32 Å². The molecular weight excluding hydrogens is 396 g/mol. The minimum Gasteiger partial charge on any atom is -0.344 e. The van der Waals surface area contributed by atoms with Crippen LogP contribution in [0.3, 0.4) is 0 Å². The number of carbonyl (C=O) groups excluding carboxylic acids is 1. The smallest absolute Gasteiger partial charge is 0.243 e. The highest BCUT2D eigenvalue weighted by atomic mass is 32.2. The number of amides is 1. The van der Waals surface area contributed by atoms with E-state index in [0.717, 1.165) is 26.6 Å². The summed E-state index contributed by atoms with van der Waals surface area (Å²) >= 11 is 0. The molecule has 0 saturated carbocycles. The maximum Gasteiger partial charge on any atom is 0.243 e. The predicted octanol–water partition coefficient (Wildman–Crippen LogP) is 3.83. The number of sulfonamides is 1. The van der Waals surface area contributed by atoms with E-state index in [0.29, 0.717) is 0 Å². The molecule has 3 aromatic rings. The summed E-state index contributed by atoms with van der Waals surface area (Å²) in [5, 5.41) is 3.01. The molecule has 0 aromatic heterocycles. The summed E-state index contributed by atoms with van der Waals surface area (Å²) in [4.78, 5) is 13.0. The average Bonchev–Trinajstić information content (AvgIpc) is 2.73. The Labute approximate surface area is 178 Å². The van der Waals surface area contributed by atoms with E-state index in [1.165, 1.54) is 7.05 Å². The standard InChI is InChI=1S/C24H26N2O3S/c1-18-13-15-21(16-14-18)30(28,29)26(3)17-23(27)25-24(20-10-5-4-6-11-20)22-12-8-7-9-19(22)2/h4-16,24H,17H2,1-3H3,(H,25,27)/t24-/m1/s1. The minimum atomic E-state index is -3.75. The van der Waals surface area contributed by atoms with Crippen LogP contribution in [0, 0.1) is 13.8 Å². The van der Waals surface area contributed by atoms with Gasteiger partial charge in [0.1, 0.15) is 0 Å². The Kier molecular flexibility index (Phi) is 6.70. The van der Waals surface area contributed by atoms with Gasteiger partial charge in [-0.05, 0) is 42.7 Å². The van der Waals surface area contributed by atoms with Crippen LogP contribution in [0.1, 0.15) is 28.3 Å². The zero-order valence-corrected chi connectivity index (χ0v) is 18.2. The third-order valence-electron chi connectivity index (χ3n) is 5.03. The summed E-state index contributed by atoms with van der Waals surface area (Å²) in [5.74, 6) is -0.370. The third-order valence-corrected chi connectivity index (χ3v) is 6.85. The zero-order valence-electron chi connectivity index (χ0n) is 17.4. The summed E-state index contributed by atoms with van der Waals surface area (Å²) in [6.07, 6.45) is 0. The van der Waals surface area contributed by atoms with E-state index in [1.807, 2.05) is 68.4 Å². The van der Waals surface area contributed by atoms with Crippen LogP contribution in [0.4, 0.5) is 0 Å². The molecule has 0 spiro atoms. The van der Waals surface area contributed by atoms with Crippen molar-refractivity contribution in [3.8, 4) is 0 Å². The number of nitrogens with zero attached hydrogens (tertiary/aromatic N) is 1. The summed E-state index contributed by atoms with van der Waals surface area (Å²) in [6, 6.07) is 23.7. The van der Waals surface area contributed by atoms with E-state index >= 15 is 0 Å². The summed E-state index contributed by atoms with van der Waals surface area (Å²) in [5.41, 5.74) is 3.93. The van der Waals surface area contributed by atoms with E-state index in [4.69, 9.17) is 0 Å². The van der Waals surface area contributed by atoms with Crippen molar-refractivity contribution < 1.29 is 13.2 Å². The number of benzene rings is 3. The van der Waals surface area contributed by atoms with Crippen molar-refractivity contribution >= 4 is 15.9 Å². The van der Waals surface area contributed by atoms with Gasteiger partial charge in [-0.2, -0.15) is 4.31 Å². The first-order valence-corrected chi connectivity index (χ1v) is 11.2. The molecule has 156 valence electrons. The van der Waals surface area contributed by atoms with E-state index < -0.39 is 10.0 Å². The summed E-state index contributed by atoms with van der Waals surface area (Å²) < 4.78 is 26.7. The van der Waals surface area contributed by atoms with Crippen LogP contribution in [0.25, 0.3) is 0 Å². The monoisotopic (exact) mass is 422 g/mol. The van der Waals surface area contributed by atoms with E-state index in [2.05, 4.69) is 5.32 Å². The Morgan fingerprint density at radius 1 is 0.900 bits per heavy atom. The van der Waals surface area contributed by atoms with E-state index in [1.54, 1.807) is 24.3 Å². The van der Waals surface area contributed by atoms with Crippen LogP contribution >= 0.6 is 0 Å². The highest BCUT2D eigenvalue weighted by Crippen LogP contribution is 2.25. The molecule has 0 unspecified atom stereocenters. The first-order valence-electron chi connectivity index (χ1n) is 9.72. The van der Waals surface area contributed by atoms with Crippen molar-refractivity contribution in [3.05, 3.63) is 101 Å². The van der Waals surface area contributed by atoms with Crippen molar-refractivity contribution in [1.29, 1.82) is 0 Å². The van der Waals surface area contributed by atoms with Crippen molar-refractivity contribution in [2.75, 3.05) is 13.6 Å². The van der Waals surface area contributed by atoms with Crippen LogP contribution in [0.2, 0.25) is 0 Å². The maximum atomic E-state index is 12.8. The lowest BCUT2D eigenvalue weighted by Crippen LogP contribution is -2.40. The summed E-state index contributed by atoms with van der Waals surface area (Å²) in [7, 11) is -2.33. The largest absolute Gasteiger partial charge is 0.344 e. The Morgan fingerprint density at radius 3 is 2.13 bits per heavy atom. The topological polar surface area (TPSA) is 66.5 Å². The fraction of sp³-hybridized carbons (Fsp3) is 0.208. The molecule has 0 radical (unpaired) electrons. The quantitative estimate of drug-likeness (QED) is 0.629. The molecule has 0 aliphatic rings. The van der Waals surface area contributed by atoms with Crippen molar-refractivity contribution in [2.24, 2.45) is 0 Å². The molecular formula is C24H26N2O3S. The Bertz CT molecular complexity index is 1110. The second-order valence-corrected chi connectivity index (χ2v) is 9.39. The molecule has 5 nitrogen and oxygen atoms in total. The molecule has 0 heterocycles. The molecule has 0 bridgehead atoms. The molecule has 0 aliphatic heterocycles. The SMILES string of the molecule is Cc1ccc(S(=O)(=O)N(C)CC(=O)N[C@H](c2ccccc2)c2ccccc2C)cc1. The Balaban J connectivity index is 1.81. The molecule has 30 heavy (non-hydrogen) atoms. The highest BCUT2D eigenvalue weighted by molar-refractivity contribution is 7.89. The molecule has 3 aromatic carbocycles. The maximum absolute atomic E-state index is 12.8. The number of likely N-dealkylation sites (N-methyl/N-ethyl adjacent to an activating group) is 1. The second kappa shape index (κ2) is 9.24. The molecule has 3 rings (SSSR count). The van der Waals surface area contributed by atoms with Gasteiger partial charge in [0.25, 0.3) is 0 Å². The number of hydrogen-bond donors (Lipinski definition) is 1. The van der Waals surface area contributed by atoms with Crippen LogP contribution in [0.5, 0.6) is 0 Å². The number of nitrogens with one attached hydrogen (secondary N) is 1. The number of aryl methyl sites for hydroxylation is 2. The molecule has 0 fully saturated rings. The van der Waals surface area contributed by atoms with E-state index in [-0.39, 0.29) is 23.4 Å².